The number of ether oxygens (including phenoxy) is 1. The van der Waals surface area contributed by atoms with Gasteiger partial charge in [-0.1, -0.05) is 24.3 Å². The monoisotopic (exact) mass is 277 g/mol. The molecule has 2 N–H and O–H groups in total. The summed E-state index contributed by atoms with van der Waals surface area (Å²) < 4.78 is 5.20. The van der Waals surface area contributed by atoms with Gasteiger partial charge in [-0.25, -0.2) is 4.79 Å². The fraction of sp³-hybridized carbons (Fsp3) is 0.467. The topological polar surface area (TPSA) is 75.6 Å². The van der Waals surface area contributed by atoms with Gasteiger partial charge in [0.2, 0.25) is 0 Å². The van der Waals surface area contributed by atoms with Crippen LogP contribution < -0.4 is 5.32 Å². The van der Waals surface area contributed by atoms with Gasteiger partial charge in [0.1, 0.15) is 5.60 Å². The van der Waals surface area contributed by atoms with Crippen molar-refractivity contribution in [2.75, 3.05) is 0 Å². The molecule has 1 aliphatic carbocycles. The molecule has 2 atom stereocenters. The first kappa shape index (κ1) is 14.4. The van der Waals surface area contributed by atoms with E-state index in [0.29, 0.717) is 6.42 Å². The molecule has 20 heavy (non-hydrogen) atoms. The second-order valence-electron chi connectivity index (χ2n) is 5.97. The van der Waals surface area contributed by atoms with Crippen LogP contribution in [0.5, 0.6) is 0 Å². The van der Waals surface area contributed by atoms with Crippen molar-refractivity contribution in [3.63, 3.8) is 0 Å². The molecular weight excluding hydrogens is 258 g/mol. The van der Waals surface area contributed by atoms with E-state index < -0.39 is 29.6 Å². The molecule has 0 saturated heterocycles. The van der Waals surface area contributed by atoms with Gasteiger partial charge in [-0.2, -0.15) is 0 Å². The molecule has 0 saturated carbocycles. The van der Waals surface area contributed by atoms with E-state index in [4.69, 9.17) is 4.74 Å². The zero-order valence-electron chi connectivity index (χ0n) is 11.8. The molecule has 0 heterocycles. The molecular formula is C15H19NO4. The highest BCUT2D eigenvalue weighted by Gasteiger charge is 2.38. The number of alkyl carbamates (subject to hydrolysis) is 1. The summed E-state index contributed by atoms with van der Waals surface area (Å²) in [7, 11) is 0. The van der Waals surface area contributed by atoms with E-state index in [0.717, 1.165) is 11.1 Å². The number of hydrogen-bond donors (Lipinski definition) is 2. The maximum Gasteiger partial charge on any atom is 0.408 e. The van der Waals surface area contributed by atoms with Gasteiger partial charge in [0.05, 0.1) is 12.0 Å². The number of rotatable bonds is 2. The van der Waals surface area contributed by atoms with Crippen LogP contribution in [-0.2, 0) is 16.0 Å². The van der Waals surface area contributed by atoms with Gasteiger partial charge in [0.25, 0.3) is 0 Å². The molecule has 1 aromatic rings. The predicted octanol–water partition coefficient (Wildman–Crippen LogP) is 2.51. The Kier molecular flexibility index (Phi) is 3.70. The SMILES string of the molecule is CC(C)(C)OC(=O)N[C@@H]1c2ccccc2C[C@@H]1C(=O)O. The van der Waals surface area contributed by atoms with Crippen molar-refractivity contribution < 1.29 is 19.4 Å². The van der Waals surface area contributed by atoms with Crippen LogP contribution in [0.2, 0.25) is 0 Å². The summed E-state index contributed by atoms with van der Waals surface area (Å²) in [6, 6.07) is 6.90. The van der Waals surface area contributed by atoms with Crippen LogP contribution in [0.1, 0.15) is 37.9 Å². The molecule has 1 aliphatic rings. The minimum Gasteiger partial charge on any atom is -0.481 e. The first-order valence-electron chi connectivity index (χ1n) is 6.58. The molecule has 0 aromatic heterocycles. The Morgan fingerprint density at radius 2 is 1.95 bits per heavy atom. The van der Waals surface area contributed by atoms with Gasteiger partial charge in [-0.05, 0) is 38.3 Å². The van der Waals surface area contributed by atoms with Crippen LogP contribution in [0.15, 0.2) is 24.3 Å². The molecule has 5 nitrogen and oxygen atoms in total. The Bertz CT molecular complexity index is 533. The second kappa shape index (κ2) is 5.15. The van der Waals surface area contributed by atoms with Gasteiger partial charge < -0.3 is 15.2 Å². The normalized spacial score (nSPS) is 21.1. The van der Waals surface area contributed by atoms with Gasteiger partial charge >= 0.3 is 12.1 Å². The Hall–Kier alpha value is -2.04. The fourth-order valence-electron chi connectivity index (χ4n) is 2.44. The molecule has 1 aromatic carbocycles. The molecule has 0 radical (unpaired) electrons. The lowest BCUT2D eigenvalue weighted by Crippen LogP contribution is -2.38. The standard InChI is InChI=1S/C15H19NO4/c1-15(2,3)20-14(19)16-12-10-7-5-4-6-9(10)8-11(12)13(17)18/h4-7,11-12H,8H2,1-3H3,(H,16,19)(H,17,18)/t11-,12+/m0/s1. The van der Waals surface area contributed by atoms with Gasteiger partial charge in [-0.15, -0.1) is 0 Å². The summed E-state index contributed by atoms with van der Waals surface area (Å²) in [6.07, 6.45) is -0.170. The highest BCUT2D eigenvalue weighted by Crippen LogP contribution is 2.36. The van der Waals surface area contributed by atoms with Crippen LogP contribution in [0.4, 0.5) is 4.79 Å². The average Bonchev–Trinajstić information content (AvgIpc) is 2.66. The highest BCUT2D eigenvalue weighted by molar-refractivity contribution is 5.76. The second-order valence-corrected chi connectivity index (χ2v) is 5.97. The summed E-state index contributed by atoms with van der Waals surface area (Å²) >= 11 is 0. The summed E-state index contributed by atoms with van der Waals surface area (Å²) in [6.45, 7) is 5.30. The van der Waals surface area contributed by atoms with E-state index in [-0.39, 0.29) is 0 Å². The summed E-state index contributed by atoms with van der Waals surface area (Å²) in [5, 5.41) is 12.0. The van der Waals surface area contributed by atoms with Crippen molar-refractivity contribution in [2.45, 2.75) is 38.8 Å². The van der Waals surface area contributed by atoms with E-state index in [1.165, 1.54) is 0 Å². The molecule has 0 bridgehead atoms. The summed E-state index contributed by atoms with van der Waals surface area (Å²) in [5.74, 6) is -1.57. The van der Waals surface area contributed by atoms with E-state index in [2.05, 4.69) is 5.32 Å². The number of nitrogens with one attached hydrogen (secondary N) is 1. The number of carbonyl (C=O) groups excluding carboxylic acids is 1. The average molecular weight is 277 g/mol. The van der Waals surface area contributed by atoms with Crippen molar-refractivity contribution in [1.29, 1.82) is 0 Å². The van der Waals surface area contributed by atoms with E-state index in [1.54, 1.807) is 20.8 Å². The minimum absolute atomic E-state index is 0.423. The number of aliphatic carboxylic acids is 1. The Morgan fingerprint density at radius 1 is 1.30 bits per heavy atom. The van der Waals surface area contributed by atoms with Crippen molar-refractivity contribution in [2.24, 2.45) is 5.92 Å². The first-order valence-corrected chi connectivity index (χ1v) is 6.58. The van der Waals surface area contributed by atoms with Crippen molar-refractivity contribution in [3.8, 4) is 0 Å². The van der Waals surface area contributed by atoms with E-state index in [9.17, 15) is 14.7 Å². The van der Waals surface area contributed by atoms with Crippen molar-refractivity contribution in [1.82, 2.24) is 5.32 Å². The third-order valence-electron chi connectivity index (χ3n) is 3.22. The molecule has 5 heteroatoms. The molecule has 0 fully saturated rings. The number of fused-ring (bicyclic) bond motifs is 1. The zero-order valence-corrected chi connectivity index (χ0v) is 11.8. The Labute approximate surface area is 117 Å². The van der Waals surface area contributed by atoms with Crippen LogP contribution in [0.25, 0.3) is 0 Å². The van der Waals surface area contributed by atoms with Crippen LogP contribution >= 0.6 is 0 Å². The molecule has 108 valence electrons. The number of amides is 1. The highest BCUT2D eigenvalue weighted by atomic mass is 16.6. The molecule has 2 rings (SSSR count). The fourth-order valence-corrected chi connectivity index (χ4v) is 2.44. The van der Waals surface area contributed by atoms with Crippen LogP contribution in [-0.4, -0.2) is 22.8 Å². The van der Waals surface area contributed by atoms with Gasteiger partial charge in [-0.3, -0.25) is 4.79 Å². The van der Waals surface area contributed by atoms with Crippen LogP contribution in [0.3, 0.4) is 0 Å². The number of carboxylic acids is 1. The quantitative estimate of drug-likeness (QED) is 0.871. The third kappa shape index (κ3) is 3.10. The predicted molar refractivity (Wildman–Crippen MR) is 73.4 cm³/mol. The maximum atomic E-state index is 11.9. The Morgan fingerprint density at radius 3 is 2.55 bits per heavy atom. The zero-order chi connectivity index (χ0) is 14.9. The maximum absolute atomic E-state index is 11.9. The third-order valence-corrected chi connectivity index (χ3v) is 3.22. The van der Waals surface area contributed by atoms with Gasteiger partial charge in [0.15, 0.2) is 0 Å². The number of carbonyl (C=O) groups is 2. The first-order chi connectivity index (χ1) is 9.28. The molecule has 0 spiro atoms. The largest absolute Gasteiger partial charge is 0.481 e. The lowest BCUT2D eigenvalue weighted by atomic mass is 10.0. The summed E-state index contributed by atoms with van der Waals surface area (Å²) in [4.78, 5) is 23.2. The molecule has 0 unspecified atom stereocenters. The number of carboxylic acid groups (broad SMARTS) is 1. The van der Waals surface area contributed by atoms with E-state index in [1.807, 2.05) is 24.3 Å². The minimum atomic E-state index is -0.915. The lowest BCUT2D eigenvalue weighted by molar-refractivity contribution is -0.142. The number of benzene rings is 1. The molecule has 1 amide bonds. The lowest BCUT2D eigenvalue weighted by Gasteiger charge is -2.23. The summed E-state index contributed by atoms with van der Waals surface area (Å²) in [5.41, 5.74) is 1.20. The van der Waals surface area contributed by atoms with Gasteiger partial charge in [0, 0.05) is 0 Å². The van der Waals surface area contributed by atoms with Crippen molar-refractivity contribution in [3.05, 3.63) is 35.4 Å². The Balaban J connectivity index is 2.19. The number of hydrogen-bond acceptors (Lipinski definition) is 3. The van der Waals surface area contributed by atoms with E-state index >= 15 is 0 Å². The van der Waals surface area contributed by atoms with Crippen LogP contribution in [0, 0.1) is 5.92 Å². The molecule has 0 aliphatic heterocycles. The smallest absolute Gasteiger partial charge is 0.408 e. The van der Waals surface area contributed by atoms with Crippen molar-refractivity contribution >= 4 is 12.1 Å².